The summed E-state index contributed by atoms with van der Waals surface area (Å²) in [5, 5.41) is 8.89. The molecule has 1 amide bonds. The third kappa shape index (κ3) is 5.55. The van der Waals surface area contributed by atoms with E-state index in [4.69, 9.17) is 21.1 Å². The molecule has 1 saturated heterocycles. The number of amides is 1. The van der Waals surface area contributed by atoms with Crippen molar-refractivity contribution in [2.24, 2.45) is 5.92 Å². The molecule has 1 atom stereocenters. The van der Waals surface area contributed by atoms with Crippen LogP contribution < -0.4 is 9.47 Å². The molecule has 0 aliphatic carbocycles. The number of aromatic nitrogens is 3. The number of carbonyl (C=O) groups excluding carboxylic acids is 1. The van der Waals surface area contributed by atoms with E-state index in [9.17, 15) is 4.79 Å². The van der Waals surface area contributed by atoms with E-state index < -0.39 is 0 Å². The number of benzene rings is 2. The van der Waals surface area contributed by atoms with Crippen LogP contribution >= 0.6 is 11.6 Å². The number of halogens is 1. The highest BCUT2D eigenvalue weighted by molar-refractivity contribution is 6.30. The van der Waals surface area contributed by atoms with Crippen LogP contribution in [0.1, 0.15) is 28.9 Å². The molecule has 1 aliphatic heterocycles. The maximum absolute atomic E-state index is 12.9. The Hall–Kier alpha value is -3.06. The number of ether oxygens (including phenoxy) is 2. The average Bonchev–Trinajstić information content (AvgIpc) is 3.27. The summed E-state index contributed by atoms with van der Waals surface area (Å²) in [7, 11) is 1.63. The Morgan fingerprint density at radius 3 is 2.81 bits per heavy atom. The van der Waals surface area contributed by atoms with Gasteiger partial charge in [0.1, 0.15) is 11.5 Å². The van der Waals surface area contributed by atoms with Crippen molar-refractivity contribution in [2.75, 3.05) is 26.8 Å². The van der Waals surface area contributed by atoms with Crippen LogP contribution in [0.5, 0.6) is 11.5 Å². The zero-order chi connectivity index (χ0) is 21.6. The highest BCUT2D eigenvalue weighted by Crippen LogP contribution is 2.23. The molecule has 1 aliphatic rings. The first-order valence-corrected chi connectivity index (χ1v) is 10.7. The van der Waals surface area contributed by atoms with Gasteiger partial charge in [-0.25, -0.2) is 4.68 Å². The van der Waals surface area contributed by atoms with Crippen LogP contribution in [0.2, 0.25) is 5.02 Å². The first-order chi connectivity index (χ1) is 15.1. The lowest BCUT2D eigenvalue weighted by molar-refractivity contribution is 0.0627. The summed E-state index contributed by atoms with van der Waals surface area (Å²) in [6, 6.07) is 15.1. The van der Waals surface area contributed by atoms with E-state index in [1.54, 1.807) is 18.0 Å². The number of methoxy groups -OCH3 is 1. The van der Waals surface area contributed by atoms with Crippen molar-refractivity contribution in [3.8, 4) is 11.5 Å². The third-order valence-corrected chi connectivity index (χ3v) is 5.60. The molecule has 3 aromatic rings. The normalized spacial score (nSPS) is 16.2. The topological polar surface area (TPSA) is 69.5 Å². The number of piperidine rings is 1. The molecule has 4 rings (SSSR count). The summed E-state index contributed by atoms with van der Waals surface area (Å²) in [5.74, 6) is 1.72. The van der Waals surface area contributed by atoms with Gasteiger partial charge in [0.15, 0.2) is 5.69 Å². The maximum Gasteiger partial charge on any atom is 0.276 e. The highest BCUT2D eigenvalue weighted by atomic mass is 35.5. The molecule has 8 heteroatoms. The molecule has 7 nitrogen and oxygen atoms in total. The Morgan fingerprint density at radius 1 is 1.19 bits per heavy atom. The minimum Gasteiger partial charge on any atom is -0.497 e. The molecule has 0 saturated carbocycles. The van der Waals surface area contributed by atoms with Gasteiger partial charge in [0.25, 0.3) is 5.91 Å². The van der Waals surface area contributed by atoms with E-state index in [2.05, 4.69) is 10.3 Å². The first kappa shape index (κ1) is 21.2. The van der Waals surface area contributed by atoms with Crippen molar-refractivity contribution < 1.29 is 14.3 Å². The molecule has 0 spiro atoms. The van der Waals surface area contributed by atoms with Crippen molar-refractivity contribution in [2.45, 2.75) is 19.4 Å². The fraction of sp³-hybridized carbons (Fsp3) is 0.348. The molecule has 1 fully saturated rings. The second kappa shape index (κ2) is 9.83. The quantitative estimate of drug-likeness (QED) is 0.557. The Morgan fingerprint density at radius 2 is 2.00 bits per heavy atom. The molecule has 0 N–H and O–H groups in total. The lowest BCUT2D eigenvalue weighted by atomic mass is 9.98. The van der Waals surface area contributed by atoms with E-state index in [0.717, 1.165) is 36.4 Å². The molecule has 0 unspecified atom stereocenters. The van der Waals surface area contributed by atoms with Gasteiger partial charge in [-0.05, 0) is 42.7 Å². The molecule has 162 valence electrons. The van der Waals surface area contributed by atoms with Crippen LogP contribution in [0.25, 0.3) is 0 Å². The second-order valence-corrected chi connectivity index (χ2v) is 8.11. The summed E-state index contributed by atoms with van der Waals surface area (Å²) >= 11 is 5.93. The third-order valence-electron chi connectivity index (χ3n) is 5.35. The Balaban J connectivity index is 1.33. The monoisotopic (exact) mass is 440 g/mol. The highest BCUT2D eigenvalue weighted by Gasteiger charge is 2.26. The van der Waals surface area contributed by atoms with Gasteiger partial charge in [0, 0.05) is 30.1 Å². The fourth-order valence-electron chi connectivity index (χ4n) is 3.70. The fourth-order valence-corrected chi connectivity index (χ4v) is 3.83. The second-order valence-electron chi connectivity index (χ2n) is 7.68. The van der Waals surface area contributed by atoms with E-state index in [-0.39, 0.29) is 11.8 Å². The summed E-state index contributed by atoms with van der Waals surface area (Å²) in [5.41, 5.74) is 1.41. The van der Waals surface area contributed by atoms with E-state index in [0.29, 0.717) is 30.4 Å². The van der Waals surface area contributed by atoms with Crippen LogP contribution in [0, 0.1) is 5.92 Å². The van der Waals surface area contributed by atoms with Crippen molar-refractivity contribution in [3.63, 3.8) is 0 Å². The van der Waals surface area contributed by atoms with Crippen molar-refractivity contribution in [1.82, 2.24) is 19.9 Å². The molecular weight excluding hydrogens is 416 g/mol. The largest absolute Gasteiger partial charge is 0.497 e. The number of carbonyl (C=O) groups is 1. The summed E-state index contributed by atoms with van der Waals surface area (Å²) in [6.45, 7) is 2.46. The summed E-state index contributed by atoms with van der Waals surface area (Å²) in [4.78, 5) is 14.8. The molecule has 2 aromatic carbocycles. The molecule has 1 aromatic heterocycles. The van der Waals surface area contributed by atoms with E-state index in [1.165, 1.54) is 0 Å². The number of hydrogen-bond acceptors (Lipinski definition) is 5. The van der Waals surface area contributed by atoms with Gasteiger partial charge < -0.3 is 14.4 Å². The van der Waals surface area contributed by atoms with Crippen molar-refractivity contribution in [1.29, 1.82) is 0 Å². The molecule has 0 radical (unpaired) electrons. The Labute approximate surface area is 186 Å². The van der Waals surface area contributed by atoms with Gasteiger partial charge in [0.05, 0.1) is 26.5 Å². The zero-order valence-corrected chi connectivity index (χ0v) is 18.2. The smallest absolute Gasteiger partial charge is 0.276 e. The van der Waals surface area contributed by atoms with Gasteiger partial charge in [-0.15, -0.1) is 5.10 Å². The lowest BCUT2D eigenvalue weighted by Crippen LogP contribution is -2.41. The molecular formula is C23H25ClN4O3. The van der Waals surface area contributed by atoms with Crippen LogP contribution in [0.15, 0.2) is 54.7 Å². The Kier molecular flexibility index (Phi) is 6.72. The van der Waals surface area contributed by atoms with E-state index >= 15 is 0 Å². The van der Waals surface area contributed by atoms with Crippen molar-refractivity contribution >= 4 is 17.5 Å². The lowest BCUT2D eigenvalue weighted by Gasteiger charge is -2.32. The van der Waals surface area contributed by atoms with Gasteiger partial charge in [-0.1, -0.05) is 35.0 Å². The van der Waals surface area contributed by atoms with Crippen LogP contribution in [-0.2, 0) is 6.54 Å². The Bertz CT molecular complexity index is 1020. The maximum atomic E-state index is 12.9. The predicted molar refractivity (Wildman–Crippen MR) is 118 cm³/mol. The van der Waals surface area contributed by atoms with Crippen LogP contribution in [0.4, 0.5) is 0 Å². The molecule has 0 bridgehead atoms. The number of rotatable bonds is 7. The van der Waals surface area contributed by atoms with Crippen LogP contribution in [0.3, 0.4) is 0 Å². The summed E-state index contributed by atoms with van der Waals surface area (Å²) < 4.78 is 12.8. The van der Waals surface area contributed by atoms with Gasteiger partial charge in [-0.3, -0.25) is 4.79 Å². The summed E-state index contributed by atoms with van der Waals surface area (Å²) in [6.07, 6.45) is 3.67. The van der Waals surface area contributed by atoms with Crippen LogP contribution in [-0.4, -0.2) is 52.6 Å². The zero-order valence-electron chi connectivity index (χ0n) is 17.4. The van der Waals surface area contributed by atoms with Gasteiger partial charge >= 0.3 is 0 Å². The van der Waals surface area contributed by atoms with Gasteiger partial charge in [-0.2, -0.15) is 0 Å². The average molecular weight is 441 g/mol. The standard InChI is InChI=1S/C23H25ClN4O3/c1-30-20-5-2-6-21(12-20)31-16-18-4-3-11-27(13-18)23(29)22-15-28(26-25-22)14-17-7-9-19(24)10-8-17/h2,5-10,12,15,18H,3-4,11,13-14,16H2,1H3/t18-/m0/s1. The van der Waals surface area contributed by atoms with E-state index in [1.807, 2.05) is 53.4 Å². The number of likely N-dealkylation sites (tertiary alicyclic amines) is 1. The molecule has 31 heavy (non-hydrogen) atoms. The minimum atomic E-state index is -0.0894. The SMILES string of the molecule is COc1cccc(OC[C@H]2CCCN(C(=O)c3cn(Cc4ccc(Cl)cc4)nn3)C2)c1. The predicted octanol–water partition coefficient (Wildman–Crippen LogP) is 3.92. The number of nitrogens with zero attached hydrogens (tertiary/aromatic N) is 4. The van der Waals surface area contributed by atoms with Gasteiger partial charge in [0.2, 0.25) is 0 Å². The number of hydrogen-bond donors (Lipinski definition) is 0. The van der Waals surface area contributed by atoms with Crippen molar-refractivity contribution in [3.05, 3.63) is 71.0 Å². The first-order valence-electron chi connectivity index (χ1n) is 10.3. The molecule has 2 heterocycles. The minimum absolute atomic E-state index is 0.0894.